The molecule has 0 saturated heterocycles. The van der Waals surface area contributed by atoms with Gasteiger partial charge in [-0.15, -0.1) is 0 Å². The minimum Gasteiger partial charge on any atom is -0.383 e. The first-order chi connectivity index (χ1) is 12.9. The molecule has 0 atom stereocenters. The van der Waals surface area contributed by atoms with Crippen LogP contribution in [0.1, 0.15) is 16.8 Å². The van der Waals surface area contributed by atoms with Gasteiger partial charge in [0.25, 0.3) is 0 Å². The van der Waals surface area contributed by atoms with Gasteiger partial charge in [0.05, 0.1) is 25.5 Å². The van der Waals surface area contributed by atoms with Gasteiger partial charge in [0.1, 0.15) is 12.1 Å². The Morgan fingerprint density at radius 1 is 1.12 bits per heavy atom. The molecular formula is C21H23N3O2. The van der Waals surface area contributed by atoms with Crippen LogP contribution in [0, 0.1) is 0 Å². The molecule has 0 radical (unpaired) electrons. The molecule has 1 aliphatic heterocycles. The molecule has 0 unspecified atom stereocenters. The molecule has 0 N–H and O–H groups in total. The van der Waals surface area contributed by atoms with Crippen molar-refractivity contribution in [2.45, 2.75) is 19.6 Å². The van der Waals surface area contributed by atoms with E-state index in [9.17, 15) is 0 Å². The maximum absolute atomic E-state index is 5.67. The molecule has 4 rings (SSSR count). The van der Waals surface area contributed by atoms with Crippen molar-refractivity contribution in [2.24, 2.45) is 0 Å². The van der Waals surface area contributed by atoms with E-state index in [0.717, 1.165) is 43.2 Å². The van der Waals surface area contributed by atoms with Gasteiger partial charge in [-0.1, -0.05) is 42.5 Å². The predicted molar refractivity (Wildman–Crippen MR) is 102 cm³/mol. The predicted octanol–water partition coefficient (Wildman–Crippen LogP) is 3.36. The van der Waals surface area contributed by atoms with Crippen molar-refractivity contribution < 1.29 is 9.47 Å². The Morgan fingerprint density at radius 2 is 2.00 bits per heavy atom. The summed E-state index contributed by atoms with van der Waals surface area (Å²) in [7, 11) is 1.73. The van der Waals surface area contributed by atoms with Crippen LogP contribution in [0.3, 0.4) is 0 Å². The Hall–Kier alpha value is -2.50. The molecule has 134 valence electrons. The Balaban J connectivity index is 1.72. The average molecular weight is 349 g/mol. The summed E-state index contributed by atoms with van der Waals surface area (Å²) in [5.74, 6) is 0.958. The molecule has 0 saturated carbocycles. The number of aromatic nitrogens is 2. The zero-order valence-corrected chi connectivity index (χ0v) is 15.0. The van der Waals surface area contributed by atoms with Gasteiger partial charge in [0.2, 0.25) is 0 Å². The van der Waals surface area contributed by atoms with Crippen LogP contribution in [0.2, 0.25) is 0 Å². The van der Waals surface area contributed by atoms with Crippen molar-refractivity contribution in [1.82, 2.24) is 9.97 Å². The zero-order chi connectivity index (χ0) is 17.8. The van der Waals surface area contributed by atoms with Crippen LogP contribution in [0.25, 0.3) is 10.8 Å². The highest BCUT2D eigenvalue weighted by molar-refractivity contribution is 5.85. The van der Waals surface area contributed by atoms with E-state index < -0.39 is 0 Å². The molecule has 1 aromatic heterocycles. The van der Waals surface area contributed by atoms with Crippen LogP contribution in [0.5, 0.6) is 0 Å². The molecule has 0 aliphatic carbocycles. The maximum Gasteiger partial charge on any atom is 0.138 e. The summed E-state index contributed by atoms with van der Waals surface area (Å²) in [5, 5.41) is 2.53. The second-order valence-electron chi connectivity index (χ2n) is 6.48. The molecular weight excluding hydrogens is 326 g/mol. The van der Waals surface area contributed by atoms with Crippen LogP contribution < -0.4 is 4.90 Å². The lowest BCUT2D eigenvalue weighted by atomic mass is 10.0. The lowest BCUT2D eigenvalue weighted by Crippen LogP contribution is -2.30. The van der Waals surface area contributed by atoms with E-state index in [4.69, 9.17) is 9.47 Å². The molecule has 0 spiro atoms. The van der Waals surface area contributed by atoms with Crippen LogP contribution in [0.4, 0.5) is 5.82 Å². The normalized spacial score (nSPS) is 13.6. The number of anilines is 1. The average Bonchev–Trinajstić information content (AvgIpc) is 2.71. The van der Waals surface area contributed by atoms with E-state index >= 15 is 0 Å². The van der Waals surface area contributed by atoms with Gasteiger partial charge in [-0.3, -0.25) is 0 Å². The Morgan fingerprint density at radius 3 is 2.92 bits per heavy atom. The third-order valence-electron chi connectivity index (χ3n) is 4.85. The second kappa shape index (κ2) is 7.81. The van der Waals surface area contributed by atoms with E-state index in [1.807, 2.05) is 0 Å². The largest absolute Gasteiger partial charge is 0.383 e. The number of nitrogens with zero attached hydrogens (tertiary/aromatic N) is 3. The highest BCUT2D eigenvalue weighted by atomic mass is 16.5. The fourth-order valence-corrected chi connectivity index (χ4v) is 3.51. The summed E-state index contributed by atoms with van der Waals surface area (Å²) in [5.41, 5.74) is 3.49. The first-order valence-corrected chi connectivity index (χ1v) is 8.98. The van der Waals surface area contributed by atoms with Gasteiger partial charge < -0.3 is 14.4 Å². The topological polar surface area (TPSA) is 47.5 Å². The molecule has 26 heavy (non-hydrogen) atoms. The number of hydrogen-bond acceptors (Lipinski definition) is 5. The number of hydrogen-bond donors (Lipinski definition) is 0. The van der Waals surface area contributed by atoms with Gasteiger partial charge in [-0.25, -0.2) is 9.97 Å². The van der Waals surface area contributed by atoms with E-state index in [1.54, 1.807) is 13.4 Å². The molecule has 5 heteroatoms. The number of rotatable bonds is 6. The molecule has 2 heterocycles. The molecule has 0 fully saturated rings. The summed E-state index contributed by atoms with van der Waals surface area (Å²) >= 11 is 0. The summed E-state index contributed by atoms with van der Waals surface area (Å²) in [4.78, 5) is 11.3. The van der Waals surface area contributed by atoms with Gasteiger partial charge >= 0.3 is 0 Å². The minimum absolute atomic E-state index is 0.574. The lowest BCUT2D eigenvalue weighted by molar-refractivity contribution is 0.109. The van der Waals surface area contributed by atoms with Gasteiger partial charge in [-0.2, -0.15) is 0 Å². The Bertz CT molecular complexity index is 892. The lowest BCUT2D eigenvalue weighted by Gasteiger charge is -2.28. The third kappa shape index (κ3) is 3.41. The fraction of sp³-hybridized carbons (Fsp3) is 0.333. The van der Waals surface area contributed by atoms with Crippen molar-refractivity contribution in [2.75, 3.05) is 31.8 Å². The van der Waals surface area contributed by atoms with Gasteiger partial charge in [-0.05, 0) is 16.3 Å². The molecule has 5 nitrogen and oxygen atoms in total. The van der Waals surface area contributed by atoms with Gasteiger partial charge in [0, 0.05) is 32.2 Å². The van der Waals surface area contributed by atoms with Crippen molar-refractivity contribution in [3.8, 4) is 0 Å². The molecule has 0 bridgehead atoms. The minimum atomic E-state index is 0.574. The van der Waals surface area contributed by atoms with Crippen LogP contribution >= 0.6 is 0 Å². The highest BCUT2D eigenvalue weighted by Gasteiger charge is 2.20. The van der Waals surface area contributed by atoms with E-state index in [-0.39, 0.29) is 0 Å². The van der Waals surface area contributed by atoms with Crippen molar-refractivity contribution >= 4 is 16.6 Å². The number of fused-ring (bicyclic) bond motifs is 2. The second-order valence-corrected chi connectivity index (χ2v) is 6.48. The summed E-state index contributed by atoms with van der Waals surface area (Å²) < 4.78 is 11.0. The smallest absolute Gasteiger partial charge is 0.138 e. The summed E-state index contributed by atoms with van der Waals surface area (Å²) in [6.45, 7) is 3.48. The van der Waals surface area contributed by atoms with Crippen molar-refractivity contribution in [3.05, 3.63) is 65.6 Å². The SMILES string of the molecule is COCCN(Cc1cccc2ccccc12)c1ncnc2c1COCC2. The highest BCUT2D eigenvalue weighted by Crippen LogP contribution is 2.27. The molecule has 1 aliphatic rings. The van der Waals surface area contributed by atoms with Crippen molar-refractivity contribution in [1.29, 1.82) is 0 Å². The van der Waals surface area contributed by atoms with E-state index in [0.29, 0.717) is 13.2 Å². The first-order valence-electron chi connectivity index (χ1n) is 8.98. The number of methoxy groups -OCH3 is 1. The maximum atomic E-state index is 5.67. The standard InChI is InChI=1S/C21H23N3O2/c1-25-12-10-24(21-19-14-26-11-9-20(19)22-15-23-21)13-17-7-4-6-16-5-2-3-8-18(16)17/h2-8,15H,9-14H2,1H3. The fourth-order valence-electron chi connectivity index (χ4n) is 3.51. The molecule has 2 aromatic carbocycles. The van der Waals surface area contributed by atoms with Crippen LogP contribution in [-0.4, -0.2) is 36.8 Å². The van der Waals surface area contributed by atoms with Crippen LogP contribution in [-0.2, 0) is 29.0 Å². The van der Waals surface area contributed by atoms with Crippen molar-refractivity contribution in [3.63, 3.8) is 0 Å². The van der Waals surface area contributed by atoms with Crippen LogP contribution in [0.15, 0.2) is 48.8 Å². The molecule has 0 amide bonds. The van der Waals surface area contributed by atoms with E-state index in [2.05, 4.69) is 57.3 Å². The van der Waals surface area contributed by atoms with Gasteiger partial charge in [0.15, 0.2) is 0 Å². The molecule has 3 aromatic rings. The third-order valence-corrected chi connectivity index (χ3v) is 4.85. The number of ether oxygens (including phenoxy) is 2. The van der Waals surface area contributed by atoms with E-state index in [1.165, 1.54) is 16.3 Å². The Kier molecular flexibility index (Phi) is 5.09. The zero-order valence-electron chi connectivity index (χ0n) is 15.0. The quantitative estimate of drug-likeness (QED) is 0.683. The summed E-state index contributed by atoms with van der Waals surface area (Å²) in [6.07, 6.45) is 2.51. The number of benzene rings is 2. The Labute approximate surface area is 153 Å². The summed E-state index contributed by atoms with van der Waals surface area (Å²) in [6, 6.07) is 14.9. The monoisotopic (exact) mass is 349 g/mol. The first kappa shape index (κ1) is 16.9.